The van der Waals surface area contributed by atoms with Crippen molar-refractivity contribution in [3.63, 3.8) is 0 Å². The fourth-order valence-corrected chi connectivity index (χ4v) is 4.39. The summed E-state index contributed by atoms with van der Waals surface area (Å²) in [6.45, 7) is 1.48. The quantitative estimate of drug-likeness (QED) is 0.362. The van der Waals surface area contributed by atoms with Crippen LogP contribution in [0.25, 0.3) is 0 Å². The average molecular weight is 384 g/mol. The number of rotatable bonds is 5. The van der Waals surface area contributed by atoms with Crippen molar-refractivity contribution in [1.29, 1.82) is 5.41 Å². The van der Waals surface area contributed by atoms with Crippen LogP contribution < -0.4 is 10.1 Å². The molecule has 1 saturated heterocycles. The number of aromatic nitrogens is 1. The predicted molar refractivity (Wildman–Crippen MR) is 88.8 cm³/mol. The standard InChI is InChI=1S/C14H16N4O5S2/c1-7(19)23-4-8-3-17-12(21)11(13(17)24-5-8)16-10(20)2-9-6-25-14(15)18(9)22/h3,6,11,13,15,22H,2,4-5H2,1H3,(H,16,20)/t11?,13-/m1/s1. The Kier molecular flexibility index (Phi) is 4.86. The van der Waals surface area contributed by atoms with Gasteiger partial charge in [-0.05, 0) is 5.57 Å². The van der Waals surface area contributed by atoms with Crippen LogP contribution in [0.2, 0.25) is 0 Å². The van der Waals surface area contributed by atoms with E-state index in [4.69, 9.17) is 10.1 Å². The highest BCUT2D eigenvalue weighted by atomic mass is 32.2. The Morgan fingerprint density at radius 2 is 2.28 bits per heavy atom. The third kappa shape index (κ3) is 3.56. The zero-order chi connectivity index (χ0) is 18.1. The summed E-state index contributed by atoms with van der Waals surface area (Å²) in [5, 5.41) is 21.0. The van der Waals surface area contributed by atoms with Gasteiger partial charge < -0.3 is 20.2 Å². The highest BCUT2D eigenvalue weighted by molar-refractivity contribution is 8.00. The number of nitrogens with zero attached hydrogens (tertiary/aromatic N) is 2. The molecule has 1 fully saturated rings. The molecule has 9 nitrogen and oxygen atoms in total. The van der Waals surface area contributed by atoms with Gasteiger partial charge >= 0.3 is 5.97 Å². The molecule has 0 bridgehead atoms. The van der Waals surface area contributed by atoms with Gasteiger partial charge in [-0.15, -0.1) is 23.1 Å². The summed E-state index contributed by atoms with van der Waals surface area (Å²) >= 11 is 2.50. The van der Waals surface area contributed by atoms with Crippen molar-refractivity contribution in [2.45, 2.75) is 24.8 Å². The molecule has 25 heavy (non-hydrogen) atoms. The summed E-state index contributed by atoms with van der Waals surface area (Å²) in [4.78, 5) is 36.6. The van der Waals surface area contributed by atoms with Crippen LogP contribution in [0, 0.1) is 5.41 Å². The number of hydrogen-bond donors (Lipinski definition) is 3. The van der Waals surface area contributed by atoms with E-state index < -0.39 is 11.9 Å². The maximum Gasteiger partial charge on any atom is 0.302 e. The van der Waals surface area contributed by atoms with Gasteiger partial charge in [0.25, 0.3) is 5.91 Å². The first-order valence-electron chi connectivity index (χ1n) is 7.36. The van der Waals surface area contributed by atoms with Crippen LogP contribution in [0.3, 0.4) is 0 Å². The van der Waals surface area contributed by atoms with E-state index in [1.807, 2.05) is 0 Å². The van der Waals surface area contributed by atoms with Crippen molar-refractivity contribution in [2.24, 2.45) is 0 Å². The normalized spacial score (nSPS) is 21.9. The van der Waals surface area contributed by atoms with Crippen molar-refractivity contribution >= 4 is 40.9 Å². The SMILES string of the molecule is CC(=O)OCC1=CN2C(=O)C(NC(=O)Cc3csc(=N)n3O)[C@H]2SC1. The summed E-state index contributed by atoms with van der Waals surface area (Å²) in [7, 11) is 0. The van der Waals surface area contributed by atoms with Crippen LogP contribution in [-0.2, 0) is 25.5 Å². The summed E-state index contributed by atoms with van der Waals surface area (Å²) < 4.78 is 5.58. The highest BCUT2D eigenvalue weighted by Gasteiger charge is 2.49. The van der Waals surface area contributed by atoms with Crippen molar-refractivity contribution in [3.8, 4) is 0 Å². The third-order valence-electron chi connectivity index (χ3n) is 3.73. The van der Waals surface area contributed by atoms with E-state index >= 15 is 0 Å². The molecule has 2 aliphatic rings. The molecule has 2 atom stereocenters. The number of nitrogens with one attached hydrogen (secondary N) is 2. The molecule has 0 aromatic carbocycles. The van der Waals surface area contributed by atoms with Crippen molar-refractivity contribution in [1.82, 2.24) is 14.9 Å². The van der Waals surface area contributed by atoms with E-state index in [1.165, 1.54) is 29.0 Å². The molecular formula is C14H16N4O5S2. The highest BCUT2D eigenvalue weighted by Crippen LogP contribution is 2.36. The maximum atomic E-state index is 12.2. The van der Waals surface area contributed by atoms with Crippen LogP contribution in [0.5, 0.6) is 0 Å². The van der Waals surface area contributed by atoms with Gasteiger partial charge in [-0.1, -0.05) is 0 Å². The minimum atomic E-state index is -0.620. The van der Waals surface area contributed by atoms with Crippen molar-refractivity contribution in [3.05, 3.63) is 27.6 Å². The molecule has 1 aromatic heterocycles. The van der Waals surface area contributed by atoms with Gasteiger partial charge in [-0.3, -0.25) is 19.8 Å². The van der Waals surface area contributed by atoms with E-state index in [9.17, 15) is 19.6 Å². The van der Waals surface area contributed by atoms with Crippen LogP contribution in [0.4, 0.5) is 0 Å². The summed E-state index contributed by atoms with van der Waals surface area (Å²) in [6, 6.07) is -0.620. The molecule has 0 saturated carbocycles. The number of ether oxygens (including phenoxy) is 1. The minimum absolute atomic E-state index is 0.0676. The Balaban J connectivity index is 1.57. The van der Waals surface area contributed by atoms with Crippen molar-refractivity contribution < 1.29 is 24.3 Å². The molecule has 0 spiro atoms. The molecule has 1 unspecified atom stereocenters. The number of β-lactam (4-membered cyclic amide) rings is 1. The fourth-order valence-electron chi connectivity index (χ4n) is 2.49. The molecule has 3 rings (SSSR count). The Morgan fingerprint density at radius 3 is 2.92 bits per heavy atom. The first kappa shape index (κ1) is 17.5. The number of amides is 2. The molecular weight excluding hydrogens is 368 g/mol. The van der Waals surface area contributed by atoms with Gasteiger partial charge in [0.2, 0.25) is 10.7 Å². The van der Waals surface area contributed by atoms with Crippen molar-refractivity contribution in [2.75, 3.05) is 12.4 Å². The molecule has 0 aliphatic carbocycles. The van der Waals surface area contributed by atoms with Gasteiger partial charge in [0.15, 0.2) is 0 Å². The van der Waals surface area contributed by atoms with Crippen LogP contribution in [0.15, 0.2) is 17.2 Å². The van der Waals surface area contributed by atoms with Gasteiger partial charge in [-0.2, -0.15) is 4.73 Å². The molecule has 2 amide bonds. The molecule has 134 valence electrons. The molecule has 3 heterocycles. The first-order valence-corrected chi connectivity index (χ1v) is 9.29. The van der Waals surface area contributed by atoms with E-state index in [0.29, 0.717) is 16.2 Å². The van der Waals surface area contributed by atoms with Crippen LogP contribution >= 0.6 is 23.1 Å². The average Bonchev–Trinajstić information content (AvgIpc) is 2.89. The zero-order valence-electron chi connectivity index (χ0n) is 13.2. The van der Waals surface area contributed by atoms with E-state index in [2.05, 4.69) is 5.32 Å². The summed E-state index contributed by atoms with van der Waals surface area (Å²) in [6.07, 6.45) is 1.56. The lowest BCUT2D eigenvalue weighted by Crippen LogP contribution is -2.68. The summed E-state index contributed by atoms with van der Waals surface area (Å²) in [5.41, 5.74) is 1.13. The topological polar surface area (TPSA) is 125 Å². The number of thioether (sulfide) groups is 1. The number of carbonyl (C=O) groups is 3. The number of carbonyl (C=O) groups excluding carboxylic acids is 3. The minimum Gasteiger partial charge on any atom is -0.461 e. The lowest BCUT2D eigenvalue weighted by Gasteiger charge is -2.47. The van der Waals surface area contributed by atoms with Crippen LogP contribution in [0.1, 0.15) is 12.6 Å². The number of esters is 1. The maximum absolute atomic E-state index is 12.2. The largest absolute Gasteiger partial charge is 0.461 e. The van der Waals surface area contributed by atoms with Gasteiger partial charge in [0.1, 0.15) is 18.0 Å². The first-order chi connectivity index (χ1) is 11.9. The van der Waals surface area contributed by atoms with E-state index in [0.717, 1.165) is 16.9 Å². The number of fused-ring (bicyclic) bond motifs is 1. The third-order valence-corrected chi connectivity index (χ3v) is 5.90. The second-order valence-corrected chi connectivity index (χ2v) is 7.54. The Morgan fingerprint density at radius 1 is 1.52 bits per heavy atom. The van der Waals surface area contributed by atoms with Gasteiger partial charge in [0, 0.05) is 24.3 Å². The lowest BCUT2D eigenvalue weighted by atomic mass is 10.1. The van der Waals surface area contributed by atoms with Gasteiger partial charge in [0.05, 0.1) is 12.1 Å². The lowest BCUT2D eigenvalue weighted by molar-refractivity contribution is -0.144. The van der Waals surface area contributed by atoms with E-state index in [1.54, 1.807) is 6.20 Å². The van der Waals surface area contributed by atoms with E-state index in [-0.39, 0.29) is 35.1 Å². The number of thiazole rings is 1. The smallest absolute Gasteiger partial charge is 0.302 e. The second kappa shape index (κ2) is 6.92. The molecule has 11 heteroatoms. The molecule has 0 radical (unpaired) electrons. The molecule has 1 aromatic rings. The second-order valence-electron chi connectivity index (χ2n) is 5.58. The number of hydrogen-bond acceptors (Lipinski definition) is 8. The van der Waals surface area contributed by atoms with Crippen LogP contribution in [-0.4, -0.2) is 56.4 Å². The Hall–Kier alpha value is -2.27. The zero-order valence-corrected chi connectivity index (χ0v) is 14.9. The Labute approximate surface area is 150 Å². The fraction of sp³-hybridized carbons (Fsp3) is 0.429. The Bertz CT molecular complexity index is 814. The monoisotopic (exact) mass is 384 g/mol. The predicted octanol–water partition coefficient (Wildman–Crippen LogP) is -0.344. The molecule has 2 aliphatic heterocycles. The molecule has 3 N–H and O–H groups in total. The summed E-state index contributed by atoms with van der Waals surface area (Å²) in [5.74, 6) is -0.390. The van der Waals surface area contributed by atoms with Gasteiger partial charge in [-0.25, -0.2) is 0 Å².